The van der Waals surface area contributed by atoms with Crippen LogP contribution in [0.1, 0.15) is 136 Å². The van der Waals surface area contributed by atoms with Gasteiger partial charge in [-0.3, -0.25) is 23.9 Å². The number of benzene rings is 7. The number of anilines is 8. The summed E-state index contributed by atoms with van der Waals surface area (Å²) in [6, 6.07) is 50.6. The molecule has 0 radical (unpaired) electrons. The van der Waals surface area contributed by atoms with E-state index in [0.717, 1.165) is 124 Å². The summed E-state index contributed by atoms with van der Waals surface area (Å²) in [5, 5.41) is 17.6. The van der Waals surface area contributed by atoms with Gasteiger partial charge < -0.3 is 63.8 Å². The zero-order valence-electron chi connectivity index (χ0n) is 70.6. The third-order valence-electron chi connectivity index (χ3n) is 21.2. The highest BCUT2D eigenvalue weighted by molar-refractivity contribution is 6.31. The lowest BCUT2D eigenvalue weighted by Crippen LogP contribution is -2.28. The van der Waals surface area contributed by atoms with Crippen molar-refractivity contribution in [2.45, 2.75) is 175 Å². The van der Waals surface area contributed by atoms with E-state index >= 15 is 17.6 Å². The SMILES string of the molecule is CCCn1nc(C)cc1CN(C)c1ncnc(NCc2ccc(CC(N)=O)cc2)c1F.Cc1cccc(Cl)c1CN(c1ncnc(NCc2ccc(CC(N)=O)cc2)c1F)C1CC1.Cc1ccccc1CN(c1ncnc(NCc2ccc(CC(N)=O)cc2)c1F)C1CC1.NC(=O)Cc1ccc(CNc2ncnc(N(Cc3c(F)cccc3Cl)C3CC3)c2F)cc1. The van der Waals surface area contributed by atoms with Gasteiger partial charge in [-0.05, 0) is 157 Å². The first kappa shape index (κ1) is 91.8. The maximum Gasteiger partial charge on any atom is 0.221 e. The van der Waals surface area contributed by atoms with Gasteiger partial charge in [-0.2, -0.15) is 22.7 Å². The van der Waals surface area contributed by atoms with Crippen molar-refractivity contribution in [1.29, 1.82) is 0 Å². The number of nitrogens with two attached hydrogens (primary N) is 4. The molecule has 0 bridgehead atoms. The first-order chi connectivity index (χ1) is 60.7. The van der Waals surface area contributed by atoms with Gasteiger partial charge in [0.15, 0.2) is 46.5 Å². The lowest BCUT2D eigenvalue weighted by Gasteiger charge is -2.26. The fraction of sp³-hybridized carbons (Fsp3) is 0.301. The lowest BCUT2D eigenvalue weighted by atomic mass is 10.1. The van der Waals surface area contributed by atoms with Crippen LogP contribution in [0.2, 0.25) is 10.0 Å². The Morgan fingerprint density at radius 3 is 1.08 bits per heavy atom. The predicted molar refractivity (Wildman–Crippen MR) is 480 cm³/mol. The Hall–Kier alpha value is -13.4. The first-order valence-electron chi connectivity index (χ1n) is 41.4. The fourth-order valence-electron chi connectivity index (χ4n) is 14.1. The van der Waals surface area contributed by atoms with Gasteiger partial charge in [-0.15, -0.1) is 0 Å². The maximum absolute atomic E-state index is 15.4. The molecule has 12 N–H and O–H groups in total. The number of aryl methyl sites for hydroxylation is 4. The summed E-state index contributed by atoms with van der Waals surface area (Å²) in [5.41, 5.74) is 34.5. The van der Waals surface area contributed by atoms with E-state index in [1.54, 1.807) is 35.0 Å². The number of carbonyl (C=O) groups excluding carboxylic acids is 4. The van der Waals surface area contributed by atoms with E-state index in [4.69, 9.17) is 46.1 Å². The van der Waals surface area contributed by atoms with E-state index in [1.165, 1.54) is 43.0 Å². The molecule has 0 aliphatic heterocycles. The molecule has 3 aliphatic rings. The van der Waals surface area contributed by atoms with Crippen LogP contribution in [0.3, 0.4) is 0 Å². The van der Waals surface area contributed by atoms with Crippen molar-refractivity contribution in [2.24, 2.45) is 22.9 Å². The Morgan fingerprint density at radius 1 is 0.405 bits per heavy atom. The summed E-state index contributed by atoms with van der Waals surface area (Å²) in [4.78, 5) is 84.7. The van der Waals surface area contributed by atoms with E-state index < -0.39 is 35.0 Å². The minimum atomic E-state index is -0.600. The van der Waals surface area contributed by atoms with E-state index in [1.807, 2.05) is 150 Å². The minimum Gasteiger partial charge on any atom is -0.369 e. The Balaban J connectivity index is 0.000000153. The van der Waals surface area contributed by atoms with Gasteiger partial charge in [0.1, 0.15) is 31.1 Å². The number of nitrogens with zero attached hydrogens (tertiary/aromatic N) is 14. The van der Waals surface area contributed by atoms with Crippen LogP contribution in [0.25, 0.3) is 0 Å². The Kier molecular flexibility index (Phi) is 31.9. The summed E-state index contributed by atoms with van der Waals surface area (Å²) < 4.78 is 77.4. The number of halogens is 7. The Morgan fingerprint density at radius 2 is 0.730 bits per heavy atom. The zero-order chi connectivity index (χ0) is 89.5. The second kappa shape index (κ2) is 43.8. The third kappa shape index (κ3) is 26.1. The molecule has 0 spiro atoms. The maximum atomic E-state index is 15.4. The molecule has 3 fully saturated rings. The molecule has 126 heavy (non-hydrogen) atoms. The van der Waals surface area contributed by atoms with Crippen LogP contribution < -0.4 is 63.8 Å². The van der Waals surface area contributed by atoms with E-state index in [0.29, 0.717) is 73.3 Å². The first-order valence-corrected chi connectivity index (χ1v) is 42.2. The third-order valence-corrected chi connectivity index (χ3v) is 21.9. The van der Waals surface area contributed by atoms with Crippen molar-refractivity contribution in [3.05, 3.63) is 312 Å². The molecule has 656 valence electrons. The number of carbonyl (C=O) groups is 4. The van der Waals surface area contributed by atoms with Gasteiger partial charge in [-0.25, -0.2) is 44.3 Å². The van der Waals surface area contributed by atoms with Crippen molar-refractivity contribution < 1.29 is 41.1 Å². The number of primary amides is 4. The molecule has 3 saturated carbocycles. The normalized spacial score (nSPS) is 12.5. The molecule has 4 amide bonds. The molecule has 0 saturated heterocycles. The number of hydrogen-bond acceptors (Lipinski definition) is 21. The largest absolute Gasteiger partial charge is 0.369 e. The van der Waals surface area contributed by atoms with E-state index in [2.05, 4.69) is 92.2 Å². The molecule has 12 aromatic rings. The standard InChI is InChI=1S/C24H25ClFN5O.C24H26FN5O.C23H22ClF2N5O.C22H28FN7O/c1-15-3-2-4-20(25)19(15)13-31(18-9-10-18)24-22(26)23(29-14-30-24)28-12-17-7-5-16(6-8-17)11-21(27)32;1-16-4-2-3-5-19(16)14-30(20-10-11-20)24-22(25)23(28-15-29-24)27-13-18-8-6-17(7-9-18)12-21(26)31;24-18-2-1-3-19(25)17(18)12-31(16-8-9-16)23-21(26)22(29-13-30-23)28-11-15-6-4-14(5-7-15)10-20(27)32;1-4-9-30-18(10-15(2)28-30)13-29(3)22-20(23)21(26-14-27-22)25-12-17-7-5-16(6-8-17)11-19(24)31/h2-8,14,18H,9-13H2,1H3,(H2,27,32)(H,28,29,30);2-9,15,20H,10-14H2,1H3,(H2,26,31)(H,27,28,29);1-7,13,16H,8-12H2,(H2,27,32)(H,28,29,30);5-8,10,14H,4,9,11-13H2,1-3H3,(H2,24,31)(H,25,26,27). The summed E-state index contributed by atoms with van der Waals surface area (Å²) in [6.45, 7) is 12.1. The number of aromatic nitrogens is 10. The van der Waals surface area contributed by atoms with Crippen LogP contribution in [0.5, 0.6) is 0 Å². The molecule has 7 aromatic carbocycles. The van der Waals surface area contributed by atoms with Crippen LogP contribution in [0, 0.1) is 49.9 Å². The van der Waals surface area contributed by atoms with Gasteiger partial charge in [0, 0.05) is 93.1 Å². The minimum absolute atomic E-state index is 0.0569. The van der Waals surface area contributed by atoms with Crippen molar-refractivity contribution in [3.8, 4) is 0 Å². The van der Waals surface area contributed by atoms with Crippen LogP contribution in [0.4, 0.5) is 68.5 Å². The van der Waals surface area contributed by atoms with Gasteiger partial charge in [0.25, 0.3) is 0 Å². The highest BCUT2D eigenvalue weighted by atomic mass is 35.5. The van der Waals surface area contributed by atoms with E-state index in [9.17, 15) is 23.6 Å². The van der Waals surface area contributed by atoms with Gasteiger partial charge in [0.2, 0.25) is 46.9 Å². The average molecular weight is 1760 g/mol. The molecule has 5 heterocycles. The monoisotopic (exact) mass is 1750 g/mol. The summed E-state index contributed by atoms with van der Waals surface area (Å²) in [6.07, 6.45) is 13.0. The molecule has 26 nitrogen and oxygen atoms in total. The fourth-order valence-corrected chi connectivity index (χ4v) is 14.6. The molecule has 0 atom stereocenters. The molecule has 15 rings (SSSR count). The molecule has 3 aliphatic carbocycles. The van der Waals surface area contributed by atoms with Crippen molar-refractivity contribution in [1.82, 2.24) is 49.7 Å². The molecule has 33 heteroatoms. The predicted octanol–water partition coefficient (Wildman–Crippen LogP) is 15.1. The quantitative estimate of drug-likeness (QED) is 0.0168. The second-order valence-electron chi connectivity index (χ2n) is 31.3. The smallest absolute Gasteiger partial charge is 0.221 e. The Bertz CT molecular complexity index is 5520. The number of amides is 4. The van der Waals surface area contributed by atoms with Crippen molar-refractivity contribution in [2.75, 3.05) is 47.9 Å². The van der Waals surface area contributed by atoms with Gasteiger partial charge >= 0.3 is 0 Å². The number of hydrogen-bond donors (Lipinski definition) is 8. The van der Waals surface area contributed by atoms with Crippen LogP contribution in [0.15, 0.2) is 189 Å². The topological polar surface area (TPSA) is 354 Å². The number of rotatable bonds is 37. The highest BCUT2D eigenvalue weighted by Crippen LogP contribution is 2.40. The Labute approximate surface area is 738 Å². The summed E-state index contributed by atoms with van der Waals surface area (Å²) in [5.74, 6) is -2.51. The van der Waals surface area contributed by atoms with Gasteiger partial charge in [-0.1, -0.05) is 170 Å². The second-order valence-corrected chi connectivity index (χ2v) is 32.1. The highest BCUT2D eigenvalue weighted by Gasteiger charge is 2.37. The van der Waals surface area contributed by atoms with Crippen LogP contribution in [-0.2, 0) is 104 Å². The van der Waals surface area contributed by atoms with Gasteiger partial charge in [0.05, 0.1) is 43.6 Å². The zero-order valence-corrected chi connectivity index (χ0v) is 72.1. The van der Waals surface area contributed by atoms with Crippen LogP contribution in [-0.4, -0.2) is 98.5 Å². The summed E-state index contributed by atoms with van der Waals surface area (Å²) >= 11 is 12.6. The van der Waals surface area contributed by atoms with Crippen molar-refractivity contribution >= 4 is 93.4 Å². The number of nitrogens with one attached hydrogen (secondary N) is 4. The average Bonchev–Trinajstić information content (AvgIpc) is 1.61. The molecular formula is C93H101Cl2F5N22O4. The lowest BCUT2D eigenvalue weighted by molar-refractivity contribution is -0.118. The van der Waals surface area contributed by atoms with Crippen molar-refractivity contribution in [3.63, 3.8) is 0 Å². The van der Waals surface area contributed by atoms with Crippen LogP contribution >= 0.6 is 23.2 Å². The molecular weight excluding hydrogens is 1660 g/mol. The summed E-state index contributed by atoms with van der Waals surface area (Å²) in [7, 11) is 1.80. The molecule has 0 unspecified atom stereocenters. The molecule has 5 aromatic heterocycles. The van der Waals surface area contributed by atoms with E-state index in [-0.39, 0.29) is 103 Å².